The average molecular weight is 255 g/mol. The van der Waals surface area contributed by atoms with Gasteiger partial charge in [0.05, 0.1) is 19.9 Å². The fourth-order valence-corrected chi connectivity index (χ4v) is 2.00. The highest BCUT2D eigenvalue weighted by molar-refractivity contribution is 6.13. The molecule has 0 unspecified atom stereocenters. The third-order valence-corrected chi connectivity index (χ3v) is 2.93. The first kappa shape index (κ1) is 13.1. The number of benzene rings is 2. The molecule has 0 amide bonds. The molecule has 3 heteroatoms. The summed E-state index contributed by atoms with van der Waals surface area (Å²) < 4.78 is 10.6. The molecule has 0 spiro atoms. The van der Waals surface area contributed by atoms with Crippen LogP contribution in [-0.4, -0.2) is 27.0 Å². The van der Waals surface area contributed by atoms with Crippen LogP contribution in [0.3, 0.4) is 0 Å². The van der Waals surface area contributed by atoms with Gasteiger partial charge in [-0.3, -0.25) is 4.99 Å². The SMILES string of the molecule is CN=C(c1ccccc1)c1ccc(OC)c(OC)c1. The number of aliphatic imine (C=N–C) groups is 1. The minimum absolute atomic E-state index is 0.706. The molecular weight excluding hydrogens is 238 g/mol. The van der Waals surface area contributed by atoms with Gasteiger partial charge in [-0.15, -0.1) is 0 Å². The Morgan fingerprint density at radius 1 is 0.842 bits per heavy atom. The number of ether oxygens (including phenoxy) is 2. The number of rotatable bonds is 4. The van der Waals surface area contributed by atoms with Crippen molar-refractivity contribution in [2.24, 2.45) is 4.99 Å². The Balaban J connectivity index is 2.46. The highest BCUT2D eigenvalue weighted by Crippen LogP contribution is 2.28. The second-order valence-corrected chi connectivity index (χ2v) is 4.01. The van der Waals surface area contributed by atoms with Gasteiger partial charge in [0.2, 0.25) is 0 Å². The van der Waals surface area contributed by atoms with Crippen molar-refractivity contribution in [3.8, 4) is 11.5 Å². The van der Waals surface area contributed by atoms with Crippen molar-refractivity contribution in [3.05, 3.63) is 59.7 Å². The molecule has 2 aromatic rings. The van der Waals surface area contributed by atoms with E-state index in [2.05, 4.69) is 4.99 Å². The minimum Gasteiger partial charge on any atom is -0.493 e. The number of hydrogen-bond donors (Lipinski definition) is 0. The van der Waals surface area contributed by atoms with Crippen LogP contribution in [-0.2, 0) is 0 Å². The first-order valence-electron chi connectivity index (χ1n) is 6.04. The highest BCUT2D eigenvalue weighted by atomic mass is 16.5. The summed E-state index contributed by atoms with van der Waals surface area (Å²) in [4.78, 5) is 4.38. The third kappa shape index (κ3) is 2.76. The Hall–Kier alpha value is -2.29. The van der Waals surface area contributed by atoms with Crippen LogP contribution in [0.5, 0.6) is 11.5 Å². The summed E-state index contributed by atoms with van der Waals surface area (Å²) in [6.45, 7) is 0. The molecule has 0 aromatic heterocycles. The van der Waals surface area contributed by atoms with E-state index in [1.165, 1.54) is 0 Å². The second kappa shape index (κ2) is 6.05. The highest BCUT2D eigenvalue weighted by Gasteiger charge is 2.10. The number of hydrogen-bond acceptors (Lipinski definition) is 3. The van der Waals surface area contributed by atoms with Gasteiger partial charge < -0.3 is 9.47 Å². The molecule has 0 N–H and O–H groups in total. The van der Waals surface area contributed by atoms with Gasteiger partial charge >= 0.3 is 0 Å². The van der Waals surface area contributed by atoms with E-state index in [9.17, 15) is 0 Å². The zero-order valence-corrected chi connectivity index (χ0v) is 11.4. The fourth-order valence-electron chi connectivity index (χ4n) is 2.00. The van der Waals surface area contributed by atoms with Crippen molar-refractivity contribution < 1.29 is 9.47 Å². The number of nitrogens with zero attached hydrogens (tertiary/aromatic N) is 1. The summed E-state index contributed by atoms with van der Waals surface area (Å²) >= 11 is 0. The van der Waals surface area contributed by atoms with E-state index in [-0.39, 0.29) is 0 Å². The molecule has 19 heavy (non-hydrogen) atoms. The van der Waals surface area contributed by atoms with Crippen LogP contribution < -0.4 is 9.47 Å². The molecule has 0 atom stereocenters. The molecule has 0 aliphatic rings. The first-order valence-corrected chi connectivity index (χ1v) is 6.04. The molecular formula is C16H17NO2. The Labute approximate surface area is 113 Å². The maximum atomic E-state index is 5.33. The molecule has 0 saturated carbocycles. The van der Waals surface area contributed by atoms with Gasteiger partial charge in [0.1, 0.15) is 0 Å². The lowest BCUT2D eigenvalue weighted by molar-refractivity contribution is 0.355. The van der Waals surface area contributed by atoms with Crippen LogP contribution >= 0.6 is 0 Å². The van der Waals surface area contributed by atoms with Crippen LogP contribution in [0.2, 0.25) is 0 Å². The molecule has 0 aliphatic heterocycles. The monoisotopic (exact) mass is 255 g/mol. The zero-order chi connectivity index (χ0) is 13.7. The van der Waals surface area contributed by atoms with Gasteiger partial charge in [-0.05, 0) is 18.2 Å². The molecule has 0 saturated heterocycles. The second-order valence-electron chi connectivity index (χ2n) is 4.01. The molecule has 2 rings (SSSR count). The van der Waals surface area contributed by atoms with Crippen molar-refractivity contribution >= 4 is 5.71 Å². The van der Waals surface area contributed by atoms with E-state index in [0.717, 1.165) is 22.6 Å². The summed E-state index contributed by atoms with van der Waals surface area (Å²) in [7, 11) is 5.05. The van der Waals surface area contributed by atoms with Gasteiger partial charge in [0.15, 0.2) is 11.5 Å². The fraction of sp³-hybridized carbons (Fsp3) is 0.188. The lowest BCUT2D eigenvalue weighted by Gasteiger charge is -2.11. The van der Waals surface area contributed by atoms with E-state index in [0.29, 0.717) is 5.75 Å². The molecule has 0 fully saturated rings. The van der Waals surface area contributed by atoms with Crippen LogP contribution in [0.15, 0.2) is 53.5 Å². The molecule has 0 heterocycles. The summed E-state index contributed by atoms with van der Waals surface area (Å²) in [6.07, 6.45) is 0. The maximum Gasteiger partial charge on any atom is 0.161 e. The van der Waals surface area contributed by atoms with Gasteiger partial charge in [0, 0.05) is 18.2 Å². The van der Waals surface area contributed by atoms with Crippen LogP contribution in [0.25, 0.3) is 0 Å². The molecule has 98 valence electrons. The Morgan fingerprint density at radius 2 is 1.53 bits per heavy atom. The quantitative estimate of drug-likeness (QED) is 0.786. The Kier molecular flexibility index (Phi) is 4.18. The van der Waals surface area contributed by atoms with E-state index >= 15 is 0 Å². The topological polar surface area (TPSA) is 30.8 Å². The Morgan fingerprint density at radius 3 is 2.11 bits per heavy atom. The third-order valence-electron chi connectivity index (χ3n) is 2.93. The van der Waals surface area contributed by atoms with Crippen molar-refractivity contribution in [3.63, 3.8) is 0 Å². The summed E-state index contributed by atoms with van der Waals surface area (Å²) in [5, 5.41) is 0. The van der Waals surface area contributed by atoms with Crippen molar-refractivity contribution in [2.75, 3.05) is 21.3 Å². The van der Waals surface area contributed by atoms with Crippen LogP contribution in [0.1, 0.15) is 11.1 Å². The lowest BCUT2D eigenvalue weighted by Crippen LogP contribution is -2.04. The lowest BCUT2D eigenvalue weighted by atomic mass is 10.0. The average Bonchev–Trinajstić information content (AvgIpc) is 2.49. The maximum absolute atomic E-state index is 5.33. The summed E-state index contributed by atoms with van der Waals surface area (Å²) in [6, 6.07) is 15.9. The van der Waals surface area contributed by atoms with Crippen molar-refractivity contribution in [2.45, 2.75) is 0 Å². The van der Waals surface area contributed by atoms with E-state index in [4.69, 9.17) is 9.47 Å². The van der Waals surface area contributed by atoms with Crippen LogP contribution in [0.4, 0.5) is 0 Å². The van der Waals surface area contributed by atoms with Crippen molar-refractivity contribution in [1.29, 1.82) is 0 Å². The normalized spacial score (nSPS) is 11.2. The van der Waals surface area contributed by atoms with E-state index < -0.39 is 0 Å². The molecule has 0 radical (unpaired) electrons. The Bertz CT molecular complexity index is 577. The van der Waals surface area contributed by atoms with E-state index in [1.54, 1.807) is 21.3 Å². The molecule has 2 aromatic carbocycles. The van der Waals surface area contributed by atoms with Gasteiger partial charge in [-0.2, -0.15) is 0 Å². The molecule has 3 nitrogen and oxygen atoms in total. The smallest absolute Gasteiger partial charge is 0.161 e. The van der Waals surface area contributed by atoms with E-state index in [1.807, 2.05) is 48.5 Å². The largest absolute Gasteiger partial charge is 0.493 e. The van der Waals surface area contributed by atoms with Crippen LogP contribution in [0, 0.1) is 0 Å². The summed E-state index contributed by atoms with van der Waals surface area (Å²) in [5.41, 5.74) is 3.02. The van der Waals surface area contributed by atoms with Crippen molar-refractivity contribution in [1.82, 2.24) is 0 Å². The predicted molar refractivity (Wildman–Crippen MR) is 77.6 cm³/mol. The number of methoxy groups -OCH3 is 2. The van der Waals surface area contributed by atoms with Gasteiger partial charge in [-0.25, -0.2) is 0 Å². The first-order chi connectivity index (χ1) is 9.30. The standard InChI is InChI=1S/C16H17NO2/c1-17-16(12-7-5-4-6-8-12)13-9-10-14(18-2)15(11-13)19-3/h4-11H,1-3H3. The minimum atomic E-state index is 0.706. The summed E-state index contributed by atoms with van der Waals surface area (Å²) in [5.74, 6) is 1.42. The molecule has 0 aliphatic carbocycles. The molecule has 0 bridgehead atoms. The van der Waals surface area contributed by atoms with Gasteiger partial charge in [-0.1, -0.05) is 30.3 Å². The zero-order valence-electron chi connectivity index (χ0n) is 11.4. The predicted octanol–water partition coefficient (Wildman–Crippen LogP) is 3.17. The van der Waals surface area contributed by atoms with Gasteiger partial charge in [0.25, 0.3) is 0 Å².